The van der Waals surface area contributed by atoms with Gasteiger partial charge in [0, 0.05) is 36.6 Å². The van der Waals surface area contributed by atoms with Gasteiger partial charge in [-0.15, -0.1) is 11.3 Å². The number of amides is 1. The molecule has 1 N–H and O–H groups in total. The number of ether oxygens (including phenoxy) is 2. The second-order valence-corrected chi connectivity index (χ2v) is 8.92. The second-order valence-electron chi connectivity index (χ2n) is 7.94. The molecule has 2 aliphatic rings. The zero-order valence-corrected chi connectivity index (χ0v) is 19.3. The van der Waals surface area contributed by atoms with Gasteiger partial charge in [-0.1, -0.05) is 18.7 Å². The highest BCUT2D eigenvalue weighted by atomic mass is 32.1. The van der Waals surface area contributed by atoms with Crippen LogP contribution in [-0.2, 0) is 14.3 Å². The van der Waals surface area contributed by atoms with Crippen LogP contribution in [0.25, 0.3) is 5.76 Å². The van der Waals surface area contributed by atoms with Gasteiger partial charge in [-0.25, -0.2) is 0 Å². The van der Waals surface area contributed by atoms with Gasteiger partial charge < -0.3 is 19.5 Å². The molecule has 0 radical (unpaired) electrons. The van der Waals surface area contributed by atoms with Crippen molar-refractivity contribution in [2.24, 2.45) is 0 Å². The number of hydrogen-bond donors (Lipinski definition) is 1. The van der Waals surface area contributed by atoms with Gasteiger partial charge in [0.15, 0.2) is 0 Å². The van der Waals surface area contributed by atoms with Crippen molar-refractivity contribution in [1.82, 2.24) is 9.80 Å². The van der Waals surface area contributed by atoms with E-state index in [-0.39, 0.29) is 11.3 Å². The first-order valence-corrected chi connectivity index (χ1v) is 11.9. The van der Waals surface area contributed by atoms with E-state index in [1.165, 1.54) is 11.3 Å². The van der Waals surface area contributed by atoms with Crippen molar-refractivity contribution in [3.63, 3.8) is 0 Å². The summed E-state index contributed by atoms with van der Waals surface area (Å²) in [4.78, 5) is 30.8. The third-order valence-electron chi connectivity index (χ3n) is 5.83. The lowest BCUT2D eigenvalue weighted by Gasteiger charge is -2.28. The SMILES string of the molecule is C=CCOc1ccc(C(O)=C2C(=O)C(=O)N(CCCN3CCOCC3)[C@H]2c2cccs2)cc1. The Hall–Kier alpha value is -2.94. The summed E-state index contributed by atoms with van der Waals surface area (Å²) in [6.07, 6.45) is 2.39. The van der Waals surface area contributed by atoms with Crippen LogP contribution in [0.2, 0.25) is 0 Å². The number of benzene rings is 1. The third kappa shape index (κ3) is 5.19. The number of ketones is 1. The Morgan fingerprint density at radius 3 is 2.61 bits per heavy atom. The van der Waals surface area contributed by atoms with E-state index in [1.54, 1.807) is 35.2 Å². The van der Waals surface area contributed by atoms with Gasteiger partial charge >= 0.3 is 0 Å². The Bertz CT molecular complexity index is 1010. The second kappa shape index (κ2) is 10.8. The molecule has 0 bridgehead atoms. The van der Waals surface area contributed by atoms with Gasteiger partial charge in [-0.3, -0.25) is 14.5 Å². The lowest BCUT2D eigenvalue weighted by atomic mass is 10.00. The molecule has 1 aromatic heterocycles. The minimum absolute atomic E-state index is 0.133. The minimum atomic E-state index is -0.649. The third-order valence-corrected chi connectivity index (χ3v) is 6.75. The van der Waals surface area contributed by atoms with Crippen LogP contribution in [0.3, 0.4) is 0 Å². The van der Waals surface area contributed by atoms with Crippen LogP contribution in [-0.4, -0.2) is 72.6 Å². The first-order valence-electron chi connectivity index (χ1n) is 11.1. The maximum Gasteiger partial charge on any atom is 0.295 e. The molecule has 0 spiro atoms. The molecule has 1 aromatic carbocycles. The normalized spacial score (nSPS) is 20.8. The molecule has 0 unspecified atom stereocenters. The molecule has 2 aliphatic heterocycles. The number of hydrogen-bond acceptors (Lipinski definition) is 7. The molecular formula is C25H28N2O5S. The first-order chi connectivity index (χ1) is 16.1. The highest BCUT2D eigenvalue weighted by Gasteiger charge is 2.46. The maximum atomic E-state index is 13.0. The van der Waals surface area contributed by atoms with Crippen LogP contribution >= 0.6 is 11.3 Å². The highest BCUT2D eigenvalue weighted by Crippen LogP contribution is 2.41. The summed E-state index contributed by atoms with van der Waals surface area (Å²) >= 11 is 1.47. The van der Waals surface area contributed by atoms with Crippen LogP contribution in [0.5, 0.6) is 5.75 Å². The monoisotopic (exact) mass is 468 g/mol. The van der Waals surface area contributed by atoms with Crippen molar-refractivity contribution < 1.29 is 24.2 Å². The van der Waals surface area contributed by atoms with E-state index in [4.69, 9.17) is 9.47 Å². The Kier molecular flexibility index (Phi) is 7.59. The van der Waals surface area contributed by atoms with Gasteiger partial charge in [0.25, 0.3) is 11.7 Å². The Labute approximate surface area is 197 Å². The Balaban J connectivity index is 1.58. The molecule has 174 valence electrons. The summed E-state index contributed by atoms with van der Waals surface area (Å²) < 4.78 is 10.9. The molecule has 2 fully saturated rings. The van der Waals surface area contributed by atoms with E-state index in [2.05, 4.69) is 11.5 Å². The van der Waals surface area contributed by atoms with Crippen LogP contribution in [0.1, 0.15) is 22.9 Å². The van der Waals surface area contributed by atoms with Gasteiger partial charge in [0.2, 0.25) is 0 Å². The number of carbonyl (C=O) groups is 2. The number of aliphatic hydroxyl groups is 1. The average Bonchev–Trinajstić information content (AvgIpc) is 3.46. The standard InChI is InChI=1S/C25H28N2O5S/c1-2-14-32-19-8-6-18(7-9-19)23(28)21-22(20-5-3-17-33-20)27(25(30)24(21)29)11-4-10-26-12-15-31-16-13-26/h2-3,5-9,17,22,28H,1,4,10-16H2/t22-/m0/s1. The lowest BCUT2D eigenvalue weighted by molar-refractivity contribution is -0.140. The predicted molar refractivity (Wildman–Crippen MR) is 127 cm³/mol. The predicted octanol–water partition coefficient (Wildman–Crippen LogP) is 3.46. The zero-order valence-electron chi connectivity index (χ0n) is 18.4. The molecule has 1 atom stereocenters. The van der Waals surface area contributed by atoms with Crippen LogP contribution in [0.4, 0.5) is 0 Å². The van der Waals surface area contributed by atoms with E-state index >= 15 is 0 Å². The molecule has 2 aromatic rings. The van der Waals surface area contributed by atoms with Crippen molar-refractivity contribution in [1.29, 1.82) is 0 Å². The summed E-state index contributed by atoms with van der Waals surface area (Å²) in [5.41, 5.74) is 0.599. The van der Waals surface area contributed by atoms with Crippen LogP contribution < -0.4 is 4.74 Å². The molecule has 2 saturated heterocycles. The van der Waals surface area contributed by atoms with Gasteiger partial charge in [0.1, 0.15) is 18.1 Å². The van der Waals surface area contributed by atoms with Crippen molar-refractivity contribution in [2.45, 2.75) is 12.5 Å². The largest absolute Gasteiger partial charge is 0.507 e. The summed E-state index contributed by atoms with van der Waals surface area (Å²) in [6, 6.07) is 10.0. The van der Waals surface area contributed by atoms with E-state index in [1.807, 2.05) is 17.5 Å². The quantitative estimate of drug-likeness (QED) is 0.263. The smallest absolute Gasteiger partial charge is 0.295 e. The van der Waals surface area contributed by atoms with Crippen molar-refractivity contribution in [3.05, 3.63) is 70.4 Å². The van der Waals surface area contributed by atoms with Gasteiger partial charge in [0.05, 0.1) is 24.8 Å². The Morgan fingerprint density at radius 2 is 1.94 bits per heavy atom. The molecule has 0 aliphatic carbocycles. The summed E-state index contributed by atoms with van der Waals surface area (Å²) in [5, 5.41) is 13.0. The van der Waals surface area contributed by atoms with E-state index in [0.29, 0.717) is 24.5 Å². The number of nitrogens with zero attached hydrogens (tertiary/aromatic N) is 2. The molecule has 7 nitrogen and oxygen atoms in total. The number of carbonyl (C=O) groups excluding carboxylic acids is 2. The molecule has 1 amide bonds. The fourth-order valence-corrected chi connectivity index (χ4v) is 5.01. The first kappa shape index (κ1) is 23.2. The summed E-state index contributed by atoms with van der Waals surface area (Å²) in [6.45, 7) is 8.45. The summed E-state index contributed by atoms with van der Waals surface area (Å²) in [7, 11) is 0. The molecular weight excluding hydrogens is 440 g/mol. The number of Topliss-reactive ketones (excluding diaryl/α,β-unsaturated/α-hetero) is 1. The fourth-order valence-electron chi connectivity index (χ4n) is 4.16. The fraction of sp³-hybridized carbons (Fsp3) is 0.360. The van der Waals surface area contributed by atoms with Crippen molar-refractivity contribution in [2.75, 3.05) is 46.0 Å². The molecule has 3 heterocycles. The van der Waals surface area contributed by atoms with Crippen LogP contribution in [0, 0.1) is 0 Å². The molecule has 8 heteroatoms. The van der Waals surface area contributed by atoms with Crippen molar-refractivity contribution >= 4 is 28.8 Å². The summed E-state index contributed by atoms with van der Waals surface area (Å²) in [5.74, 6) is -0.755. The van der Waals surface area contributed by atoms with Crippen LogP contribution in [0.15, 0.2) is 60.0 Å². The topological polar surface area (TPSA) is 79.3 Å². The van der Waals surface area contributed by atoms with Crippen molar-refractivity contribution in [3.8, 4) is 5.75 Å². The molecule has 4 rings (SSSR count). The minimum Gasteiger partial charge on any atom is -0.507 e. The lowest BCUT2D eigenvalue weighted by Crippen LogP contribution is -2.38. The number of likely N-dealkylation sites (tertiary alicyclic amines) is 1. The van der Waals surface area contributed by atoms with Gasteiger partial charge in [-0.2, -0.15) is 0 Å². The van der Waals surface area contributed by atoms with E-state index < -0.39 is 17.7 Å². The molecule has 0 saturated carbocycles. The maximum absolute atomic E-state index is 13.0. The van der Waals surface area contributed by atoms with Gasteiger partial charge in [-0.05, 0) is 42.1 Å². The number of morpholine rings is 1. The average molecular weight is 469 g/mol. The molecule has 33 heavy (non-hydrogen) atoms. The number of rotatable bonds is 9. The van der Waals surface area contributed by atoms with E-state index in [0.717, 1.165) is 44.1 Å². The highest BCUT2D eigenvalue weighted by molar-refractivity contribution is 7.10. The van der Waals surface area contributed by atoms with E-state index in [9.17, 15) is 14.7 Å². The zero-order chi connectivity index (χ0) is 23.2. The number of aliphatic hydroxyl groups excluding tert-OH is 1. The Morgan fingerprint density at radius 1 is 1.18 bits per heavy atom. The number of thiophene rings is 1.